The Balaban J connectivity index is 1.70. The summed E-state index contributed by atoms with van der Waals surface area (Å²) in [6.07, 6.45) is 0.643. The third-order valence-corrected chi connectivity index (χ3v) is 4.55. The second kappa shape index (κ2) is 8.33. The fraction of sp³-hybridized carbons (Fsp3) is 0.235. The minimum Gasteiger partial charge on any atom is -0.324 e. The van der Waals surface area contributed by atoms with Crippen LogP contribution in [0.25, 0.3) is 11.1 Å². The van der Waals surface area contributed by atoms with Gasteiger partial charge < -0.3 is 15.1 Å². The predicted molar refractivity (Wildman–Crippen MR) is 97.3 cm³/mol. The molecule has 0 spiro atoms. The molecule has 1 atom stereocenters. The number of aromatic nitrogens is 4. The molecule has 0 bridgehead atoms. The Morgan fingerprint density at radius 1 is 1.00 bits per heavy atom. The Bertz CT molecular complexity index is 850. The Morgan fingerprint density at radius 2 is 1.69 bits per heavy atom. The van der Waals surface area contributed by atoms with Gasteiger partial charge in [-0.15, -0.1) is 5.10 Å². The van der Waals surface area contributed by atoms with Crippen LogP contribution in [0.5, 0.6) is 0 Å². The topological polar surface area (TPSA) is 124 Å². The molecule has 2 aromatic carbocycles. The minimum absolute atomic E-state index is 0.208. The summed E-state index contributed by atoms with van der Waals surface area (Å²) in [5.74, 6) is 0.564. The quantitative estimate of drug-likeness (QED) is 0.443. The highest BCUT2D eigenvalue weighted by Crippen LogP contribution is 2.32. The molecule has 8 nitrogen and oxygen atoms in total. The standard InChI is InChI=1S/C17H20N5O3P/c23-26(24,25)12-18-16(11-17-19-21-22-20-17)10-13-6-8-15(9-7-13)14-4-2-1-3-5-14/h1-9,16,18H,10-12H2,(H2,23,24,25)(H,19,20,21,22). The molecular formula is C17H20N5O3P. The Hall–Kier alpha value is -2.38. The van der Waals surface area contributed by atoms with Crippen LogP contribution in [0, 0.1) is 0 Å². The third kappa shape index (κ3) is 5.57. The molecule has 136 valence electrons. The van der Waals surface area contributed by atoms with E-state index in [4.69, 9.17) is 9.79 Å². The van der Waals surface area contributed by atoms with Gasteiger partial charge in [0.05, 0.1) is 6.29 Å². The van der Waals surface area contributed by atoms with Crippen LogP contribution < -0.4 is 5.32 Å². The molecule has 0 amide bonds. The maximum absolute atomic E-state index is 11.2. The first-order valence-electron chi connectivity index (χ1n) is 8.14. The summed E-state index contributed by atoms with van der Waals surface area (Å²) in [6, 6.07) is 18.0. The lowest BCUT2D eigenvalue weighted by Crippen LogP contribution is -2.34. The number of aromatic amines is 1. The molecule has 0 saturated carbocycles. The van der Waals surface area contributed by atoms with Crippen LogP contribution in [0.4, 0.5) is 0 Å². The second-order valence-electron chi connectivity index (χ2n) is 6.04. The van der Waals surface area contributed by atoms with Crippen molar-refractivity contribution in [2.24, 2.45) is 0 Å². The molecule has 0 radical (unpaired) electrons. The molecule has 0 aliphatic carbocycles. The van der Waals surface area contributed by atoms with Crippen LogP contribution in [0.3, 0.4) is 0 Å². The first-order valence-corrected chi connectivity index (χ1v) is 9.94. The second-order valence-corrected chi connectivity index (χ2v) is 7.69. The van der Waals surface area contributed by atoms with Gasteiger partial charge in [-0.25, -0.2) is 5.10 Å². The molecule has 26 heavy (non-hydrogen) atoms. The van der Waals surface area contributed by atoms with Crippen molar-refractivity contribution < 1.29 is 14.4 Å². The molecule has 0 fully saturated rings. The van der Waals surface area contributed by atoms with Crippen molar-refractivity contribution in [2.45, 2.75) is 18.9 Å². The van der Waals surface area contributed by atoms with E-state index in [0.29, 0.717) is 18.7 Å². The molecule has 9 heteroatoms. The van der Waals surface area contributed by atoms with Crippen LogP contribution in [0.2, 0.25) is 0 Å². The molecule has 1 heterocycles. The van der Waals surface area contributed by atoms with Gasteiger partial charge in [-0.2, -0.15) is 0 Å². The van der Waals surface area contributed by atoms with E-state index in [2.05, 4.69) is 38.1 Å². The van der Waals surface area contributed by atoms with E-state index >= 15 is 0 Å². The molecule has 0 aliphatic heterocycles. The average Bonchev–Trinajstić information content (AvgIpc) is 3.13. The van der Waals surface area contributed by atoms with Gasteiger partial charge in [-0.1, -0.05) is 54.6 Å². The Kier molecular flexibility index (Phi) is 5.90. The molecule has 4 N–H and O–H groups in total. The molecule has 1 unspecified atom stereocenters. The van der Waals surface area contributed by atoms with Crippen molar-refractivity contribution in [3.05, 3.63) is 66.0 Å². The fourth-order valence-electron chi connectivity index (χ4n) is 2.71. The third-order valence-electron chi connectivity index (χ3n) is 3.96. The zero-order valence-electron chi connectivity index (χ0n) is 14.0. The van der Waals surface area contributed by atoms with Gasteiger partial charge in [0.2, 0.25) is 0 Å². The van der Waals surface area contributed by atoms with Crippen LogP contribution in [0.1, 0.15) is 11.4 Å². The Morgan fingerprint density at radius 3 is 2.31 bits per heavy atom. The molecule has 0 saturated heterocycles. The van der Waals surface area contributed by atoms with Crippen LogP contribution >= 0.6 is 7.60 Å². The molecule has 0 aliphatic rings. The highest BCUT2D eigenvalue weighted by molar-refractivity contribution is 7.51. The molecule has 3 rings (SSSR count). The van der Waals surface area contributed by atoms with Gasteiger partial charge in [-0.3, -0.25) is 4.57 Å². The Labute approximate surface area is 150 Å². The summed E-state index contributed by atoms with van der Waals surface area (Å²) in [6.45, 7) is 0. The van der Waals surface area contributed by atoms with Crippen molar-refractivity contribution in [2.75, 3.05) is 6.29 Å². The van der Waals surface area contributed by atoms with Crippen LogP contribution in [-0.4, -0.2) is 42.7 Å². The lowest BCUT2D eigenvalue weighted by atomic mass is 9.99. The largest absolute Gasteiger partial charge is 0.339 e. The summed E-state index contributed by atoms with van der Waals surface area (Å²) >= 11 is 0. The first kappa shape index (κ1) is 18.4. The van der Waals surface area contributed by atoms with Crippen molar-refractivity contribution >= 4 is 7.60 Å². The van der Waals surface area contributed by atoms with E-state index in [1.54, 1.807) is 0 Å². The van der Waals surface area contributed by atoms with Gasteiger partial charge in [0.15, 0.2) is 0 Å². The average molecular weight is 373 g/mol. The van der Waals surface area contributed by atoms with Gasteiger partial charge in [0.1, 0.15) is 5.82 Å². The zero-order valence-corrected chi connectivity index (χ0v) is 14.9. The predicted octanol–water partition coefficient (Wildman–Crippen LogP) is 1.75. The molecular weight excluding hydrogens is 353 g/mol. The number of hydrogen-bond donors (Lipinski definition) is 4. The maximum atomic E-state index is 11.2. The highest BCUT2D eigenvalue weighted by atomic mass is 31.2. The fourth-order valence-corrected chi connectivity index (χ4v) is 3.21. The minimum atomic E-state index is -4.14. The van der Waals surface area contributed by atoms with E-state index < -0.39 is 7.60 Å². The van der Waals surface area contributed by atoms with E-state index in [1.807, 2.05) is 42.5 Å². The van der Waals surface area contributed by atoms with Gasteiger partial charge >= 0.3 is 7.60 Å². The smallest absolute Gasteiger partial charge is 0.324 e. The first-order chi connectivity index (χ1) is 12.5. The molecule has 1 aromatic heterocycles. The zero-order chi connectivity index (χ0) is 18.4. The summed E-state index contributed by atoms with van der Waals surface area (Å²) in [5.41, 5.74) is 3.32. The van der Waals surface area contributed by atoms with E-state index in [9.17, 15) is 4.57 Å². The number of nitrogens with zero attached hydrogens (tertiary/aromatic N) is 3. The van der Waals surface area contributed by atoms with Crippen molar-refractivity contribution in [1.29, 1.82) is 0 Å². The summed E-state index contributed by atoms with van der Waals surface area (Å²) in [4.78, 5) is 18.2. The number of H-pyrrole nitrogens is 1. The normalized spacial score (nSPS) is 12.8. The number of benzene rings is 2. The van der Waals surface area contributed by atoms with Crippen LogP contribution in [-0.2, 0) is 17.4 Å². The lowest BCUT2D eigenvalue weighted by Gasteiger charge is -2.18. The lowest BCUT2D eigenvalue weighted by molar-refractivity contribution is 0.361. The highest BCUT2D eigenvalue weighted by Gasteiger charge is 2.18. The number of hydrogen-bond acceptors (Lipinski definition) is 5. The van der Waals surface area contributed by atoms with Gasteiger partial charge in [-0.05, 0) is 33.5 Å². The number of rotatable bonds is 8. The SMILES string of the molecule is O=P(O)(O)CNC(Cc1ccc(-c2ccccc2)cc1)Cc1nnn[nH]1. The number of nitrogens with one attached hydrogen (secondary N) is 2. The number of tetrazole rings is 1. The maximum Gasteiger partial charge on any atom is 0.339 e. The van der Waals surface area contributed by atoms with Crippen molar-refractivity contribution in [3.8, 4) is 11.1 Å². The summed E-state index contributed by atoms with van der Waals surface area (Å²) in [7, 11) is -4.14. The van der Waals surface area contributed by atoms with E-state index in [-0.39, 0.29) is 12.3 Å². The summed E-state index contributed by atoms with van der Waals surface area (Å²) < 4.78 is 11.2. The van der Waals surface area contributed by atoms with Gasteiger partial charge in [0, 0.05) is 12.5 Å². The van der Waals surface area contributed by atoms with E-state index in [0.717, 1.165) is 16.7 Å². The van der Waals surface area contributed by atoms with E-state index in [1.165, 1.54) is 0 Å². The van der Waals surface area contributed by atoms with Crippen molar-refractivity contribution in [1.82, 2.24) is 25.9 Å². The van der Waals surface area contributed by atoms with Crippen molar-refractivity contribution in [3.63, 3.8) is 0 Å². The molecule has 3 aromatic rings. The van der Waals surface area contributed by atoms with Crippen LogP contribution in [0.15, 0.2) is 54.6 Å². The van der Waals surface area contributed by atoms with Gasteiger partial charge in [0.25, 0.3) is 0 Å². The summed E-state index contributed by atoms with van der Waals surface area (Å²) in [5, 5.41) is 16.5. The monoisotopic (exact) mass is 373 g/mol.